The molecule has 0 spiro atoms. The van der Waals surface area contributed by atoms with Crippen molar-refractivity contribution >= 4 is 10.9 Å². The summed E-state index contributed by atoms with van der Waals surface area (Å²) in [5.41, 5.74) is 9.94. The molecule has 0 aliphatic heterocycles. The van der Waals surface area contributed by atoms with Crippen molar-refractivity contribution in [1.82, 2.24) is 4.98 Å². The quantitative estimate of drug-likeness (QED) is 0.896. The van der Waals surface area contributed by atoms with E-state index >= 15 is 0 Å². The number of aryl methyl sites for hydroxylation is 1. The van der Waals surface area contributed by atoms with Crippen LogP contribution in [0.25, 0.3) is 10.9 Å². The fraction of sp³-hybridized carbons (Fsp3) is 0.529. The second-order valence-corrected chi connectivity index (χ2v) is 6.14. The molecule has 108 valence electrons. The first kappa shape index (κ1) is 13.5. The van der Waals surface area contributed by atoms with E-state index < -0.39 is 0 Å². The number of ether oxygens (including phenoxy) is 1. The van der Waals surface area contributed by atoms with Crippen LogP contribution in [0.4, 0.5) is 0 Å². The van der Waals surface area contributed by atoms with Crippen LogP contribution in [0.1, 0.15) is 43.4 Å². The van der Waals surface area contributed by atoms with E-state index in [1.165, 1.54) is 54.3 Å². The average molecular weight is 272 g/mol. The predicted octanol–water partition coefficient (Wildman–Crippen LogP) is 3.65. The van der Waals surface area contributed by atoms with Crippen molar-refractivity contribution in [1.29, 1.82) is 0 Å². The highest BCUT2D eigenvalue weighted by Gasteiger charge is 2.35. The van der Waals surface area contributed by atoms with Gasteiger partial charge in [-0.05, 0) is 38.0 Å². The summed E-state index contributed by atoms with van der Waals surface area (Å²) in [5, 5.41) is 1.21. The molecule has 20 heavy (non-hydrogen) atoms. The van der Waals surface area contributed by atoms with E-state index in [9.17, 15) is 0 Å². The maximum Gasteiger partial charge on any atom is 0.123 e. The van der Waals surface area contributed by atoms with Crippen molar-refractivity contribution < 1.29 is 4.74 Å². The van der Waals surface area contributed by atoms with E-state index in [1.807, 2.05) is 0 Å². The number of hydrogen-bond acceptors (Lipinski definition) is 2. The zero-order valence-corrected chi connectivity index (χ0v) is 12.5. The minimum absolute atomic E-state index is 0.0940. The van der Waals surface area contributed by atoms with Crippen LogP contribution >= 0.6 is 0 Å². The molecule has 1 heterocycles. The summed E-state index contributed by atoms with van der Waals surface area (Å²) in [4.78, 5) is 3.43. The topological polar surface area (TPSA) is 51.0 Å². The molecule has 3 N–H and O–H groups in total. The zero-order chi connectivity index (χ0) is 14.2. The standard InChI is InChI=1S/C17H24N2O/c1-12-8-13-9-16(20-2)14(10-15(13)19-12)17(11-18)6-4-3-5-7-17/h8-10,19H,3-7,11,18H2,1-2H3. The van der Waals surface area contributed by atoms with Gasteiger partial charge in [-0.2, -0.15) is 0 Å². The van der Waals surface area contributed by atoms with Crippen LogP contribution in [0.15, 0.2) is 18.2 Å². The van der Waals surface area contributed by atoms with Crippen molar-refractivity contribution in [2.75, 3.05) is 13.7 Å². The number of aromatic amines is 1. The maximum atomic E-state index is 6.18. The van der Waals surface area contributed by atoms with Gasteiger partial charge in [-0.1, -0.05) is 19.3 Å². The average Bonchev–Trinajstić information content (AvgIpc) is 2.85. The first-order chi connectivity index (χ1) is 9.68. The van der Waals surface area contributed by atoms with Crippen LogP contribution in [-0.2, 0) is 5.41 Å². The van der Waals surface area contributed by atoms with E-state index in [0.29, 0.717) is 6.54 Å². The number of nitrogens with two attached hydrogens (primary N) is 1. The van der Waals surface area contributed by atoms with Crippen molar-refractivity contribution in [2.45, 2.75) is 44.4 Å². The van der Waals surface area contributed by atoms with Gasteiger partial charge in [-0.25, -0.2) is 0 Å². The number of fused-ring (bicyclic) bond motifs is 1. The summed E-state index contributed by atoms with van der Waals surface area (Å²) in [6.45, 7) is 2.79. The van der Waals surface area contributed by atoms with Crippen LogP contribution < -0.4 is 10.5 Å². The molecule has 0 radical (unpaired) electrons. The third kappa shape index (κ3) is 2.10. The number of benzene rings is 1. The van der Waals surface area contributed by atoms with Gasteiger partial charge < -0.3 is 15.5 Å². The van der Waals surface area contributed by atoms with Gasteiger partial charge in [0.25, 0.3) is 0 Å². The third-order valence-corrected chi connectivity index (χ3v) is 4.85. The van der Waals surface area contributed by atoms with Crippen molar-refractivity contribution in [3.8, 4) is 5.75 Å². The molecular formula is C17H24N2O. The Morgan fingerprint density at radius 1 is 1.20 bits per heavy atom. The first-order valence-corrected chi connectivity index (χ1v) is 7.56. The molecule has 0 amide bonds. The molecule has 1 saturated carbocycles. The second kappa shape index (κ2) is 5.13. The Bertz CT molecular complexity index is 609. The molecule has 1 aromatic heterocycles. The third-order valence-electron chi connectivity index (χ3n) is 4.85. The predicted molar refractivity (Wildman–Crippen MR) is 83.4 cm³/mol. The first-order valence-electron chi connectivity index (χ1n) is 7.56. The van der Waals surface area contributed by atoms with Gasteiger partial charge in [-0.15, -0.1) is 0 Å². The lowest BCUT2D eigenvalue weighted by Crippen LogP contribution is -2.37. The Labute approximate surface area is 120 Å². The molecule has 1 aliphatic carbocycles. The highest BCUT2D eigenvalue weighted by molar-refractivity contribution is 5.83. The Kier molecular flexibility index (Phi) is 3.47. The zero-order valence-electron chi connectivity index (χ0n) is 12.5. The molecule has 3 rings (SSSR count). The van der Waals surface area contributed by atoms with Crippen molar-refractivity contribution in [3.05, 3.63) is 29.5 Å². The molecule has 1 aromatic carbocycles. The minimum atomic E-state index is 0.0940. The number of aromatic nitrogens is 1. The lowest BCUT2D eigenvalue weighted by atomic mass is 9.69. The lowest BCUT2D eigenvalue weighted by Gasteiger charge is -2.37. The largest absolute Gasteiger partial charge is 0.496 e. The number of H-pyrrole nitrogens is 1. The SMILES string of the molecule is COc1cc2cc(C)[nH]c2cc1C1(CN)CCCCC1. The van der Waals surface area contributed by atoms with Crippen LogP contribution in [0.2, 0.25) is 0 Å². The summed E-state index contributed by atoms with van der Waals surface area (Å²) in [7, 11) is 1.76. The van der Waals surface area contributed by atoms with Crippen LogP contribution in [0, 0.1) is 6.92 Å². The van der Waals surface area contributed by atoms with Crippen LogP contribution in [0.3, 0.4) is 0 Å². The van der Waals surface area contributed by atoms with E-state index in [2.05, 4.69) is 30.1 Å². The Hall–Kier alpha value is -1.48. The Morgan fingerprint density at radius 3 is 2.60 bits per heavy atom. The Balaban J connectivity index is 2.16. The van der Waals surface area contributed by atoms with E-state index in [1.54, 1.807) is 7.11 Å². The molecule has 1 fully saturated rings. The number of hydrogen-bond donors (Lipinski definition) is 2. The normalized spacial score (nSPS) is 18.4. The van der Waals surface area contributed by atoms with E-state index in [-0.39, 0.29) is 5.41 Å². The molecule has 0 atom stereocenters. The second-order valence-electron chi connectivity index (χ2n) is 6.14. The van der Waals surface area contributed by atoms with Gasteiger partial charge in [-0.3, -0.25) is 0 Å². The van der Waals surface area contributed by atoms with Crippen molar-refractivity contribution in [2.24, 2.45) is 5.73 Å². The number of methoxy groups -OCH3 is 1. The number of nitrogens with one attached hydrogen (secondary N) is 1. The monoisotopic (exact) mass is 272 g/mol. The van der Waals surface area contributed by atoms with Gasteiger partial charge in [0, 0.05) is 34.1 Å². The fourth-order valence-corrected chi connectivity index (χ4v) is 3.70. The highest BCUT2D eigenvalue weighted by Crippen LogP contribution is 2.44. The summed E-state index contributed by atoms with van der Waals surface area (Å²) in [6.07, 6.45) is 6.20. The molecule has 2 aromatic rings. The van der Waals surface area contributed by atoms with Gasteiger partial charge in [0.1, 0.15) is 5.75 Å². The summed E-state index contributed by atoms with van der Waals surface area (Å²) in [5.74, 6) is 0.990. The van der Waals surface area contributed by atoms with Gasteiger partial charge in [0.15, 0.2) is 0 Å². The number of rotatable bonds is 3. The summed E-state index contributed by atoms with van der Waals surface area (Å²) in [6, 6.07) is 6.58. The molecular weight excluding hydrogens is 248 g/mol. The van der Waals surface area contributed by atoms with E-state index in [4.69, 9.17) is 10.5 Å². The van der Waals surface area contributed by atoms with E-state index in [0.717, 1.165) is 5.75 Å². The molecule has 0 unspecified atom stereocenters. The van der Waals surface area contributed by atoms with Crippen molar-refractivity contribution in [3.63, 3.8) is 0 Å². The lowest BCUT2D eigenvalue weighted by molar-refractivity contribution is 0.288. The smallest absolute Gasteiger partial charge is 0.123 e. The molecule has 0 saturated heterocycles. The molecule has 1 aliphatic rings. The molecule has 3 nitrogen and oxygen atoms in total. The van der Waals surface area contributed by atoms with Gasteiger partial charge in [0.05, 0.1) is 7.11 Å². The molecule has 3 heteroatoms. The van der Waals surface area contributed by atoms with Gasteiger partial charge >= 0.3 is 0 Å². The minimum Gasteiger partial charge on any atom is -0.496 e. The summed E-state index contributed by atoms with van der Waals surface area (Å²) >= 11 is 0. The Morgan fingerprint density at radius 2 is 1.95 bits per heavy atom. The maximum absolute atomic E-state index is 6.18. The molecule has 0 bridgehead atoms. The summed E-state index contributed by atoms with van der Waals surface area (Å²) < 4.78 is 5.67. The highest BCUT2D eigenvalue weighted by atomic mass is 16.5. The van der Waals surface area contributed by atoms with Crippen LogP contribution in [0.5, 0.6) is 5.75 Å². The fourth-order valence-electron chi connectivity index (χ4n) is 3.70. The van der Waals surface area contributed by atoms with Gasteiger partial charge in [0.2, 0.25) is 0 Å². The van der Waals surface area contributed by atoms with Crippen LogP contribution in [-0.4, -0.2) is 18.6 Å².